The van der Waals surface area contributed by atoms with Crippen LogP contribution >= 0.6 is 0 Å². The van der Waals surface area contributed by atoms with Gasteiger partial charge in [0.2, 0.25) is 0 Å². The summed E-state index contributed by atoms with van der Waals surface area (Å²) in [6, 6.07) is 11.6. The zero-order valence-electron chi connectivity index (χ0n) is 27.2. The third-order valence-electron chi connectivity index (χ3n) is 7.57. The molecule has 49 heavy (non-hydrogen) atoms. The van der Waals surface area contributed by atoms with E-state index in [0.717, 1.165) is 9.80 Å². The molecule has 3 aromatic rings. The van der Waals surface area contributed by atoms with Crippen LogP contribution in [0.4, 0.5) is 0 Å². The van der Waals surface area contributed by atoms with Crippen LogP contribution in [-0.4, -0.2) is 158 Å². The van der Waals surface area contributed by atoms with E-state index in [0.29, 0.717) is 0 Å². The van der Waals surface area contributed by atoms with Crippen LogP contribution in [-0.2, 0) is 52.2 Å². The van der Waals surface area contributed by atoms with Gasteiger partial charge in [0.1, 0.15) is 16.4 Å². The van der Waals surface area contributed by atoms with E-state index in [1.807, 2.05) is 0 Å². The zero-order chi connectivity index (χ0) is 34.8. The Morgan fingerprint density at radius 3 is 1.41 bits per heavy atom. The molecule has 0 saturated carbocycles. The van der Waals surface area contributed by atoms with E-state index in [9.17, 15) is 58.2 Å². The van der Waals surface area contributed by atoms with Gasteiger partial charge in [0.25, 0.3) is 10.1 Å². The van der Waals surface area contributed by atoms with E-state index >= 15 is 0 Å². The maximum atomic E-state index is 13.5. The fraction of sp³-hybridized carbons (Fsp3) is 0.290. The van der Waals surface area contributed by atoms with Crippen molar-refractivity contribution in [3.63, 3.8) is 0 Å². The molecular formula is C31H32N2Na2O13S. The van der Waals surface area contributed by atoms with Crippen LogP contribution in [0.2, 0.25) is 0 Å². The van der Waals surface area contributed by atoms with Crippen LogP contribution in [0.3, 0.4) is 0 Å². The number of aryl methyl sites for hydroxylation is 2. The summed E-state index contributed by atoms with van der Waals surface area (Å²) in [5.74, 6) is -5.86. The summed E-state index contributed by atoms with van der Waals surface area (Å²) < 4.78 is 33.0. The minimum atomic E-state index is -4.45. The van der Waals surface area contributed by atoms with Crippen molar-refractivity contribution in [3.05, 3.63) is 87.5 Å². The molecule has 0 saturated heterocycles. The molecule has 1 heterocycles. The first kappa shape index (κ1) is 42.1. The first-order valence-corrected chi connectivity index (χ1v) is 15.4. The van der Waals surface area contributed by atoms with Gasteiger partial charge in [-0.25, -0.2) is 4.18 Å². The maximum absolute atomic E-state index is 13.5. The monoisotopic (exact) mass is 718 g/mol. The zero-order valence-corrected chi connectivity index (χ0v) is 32.0. The van der Waals surface area contributed by atoms with E-state index < -0.39 is 65.8 Å². The Bertz CT molecular complexity index is 1760. The van der Waals surface area contributed by atoms with Crippen LogP contribution in [0.1, 0.15) is 38.9 Å². The average molecular weight is 719 g/mol. The molecule has 1 aliphatic rings. The molecule has 0 aliphatic carbocycles. The summed E-state index contributed by atoms with van der Waals surface area (Å²) in [6.45, 7) is -0.434. The number of aromatic hydroxyl groups is 2. The van der Waals surface area contributed by atoms with E-state index in [1.165, 1.54) is 56.3 Å². The normalized spacial score (nSPS) is 14.0. The maximum Gasteiger partial charge on any atom is 0.317 e. The summed E-state index contributed by atoms with van der Waals surface area (Å²) in [5.41, 5.74) is -0.973. The number of benzene rings is 3. The Morgan fingerprint density at radius 2 is 1.04 bits per heavy atom. The minimum Gasteiger partial charge on any atom is -0.507 e. The molecule has 0 fully saturated rings. The number of phenolic OH excluding ortho intramolecular Hbond substituents is 2. The predicted molar refractivity (Wildman–Crippen MR) is 173 cm³/mol. The molecule has 1 aliphatic heterocycles. The standard InChI is InChI=1S/C31H32N2O13S.2Na/c1-17-7-21(9-19(29(17)42)11-32(13-25(34)35)14-26(36)37)31(23-5-3-4-6-24(23)47(44,45)46-31)22-8-18(2)30(43)20(10-22)12-33(15-27(38)39)16-28(40)41;;/h3-10,42-43H,11-16H2,1-2H3,(H,34,35)(H,36,37)(H,38,39)(H,40,41);;. The van der Waals surface area contributed by atoms with Crippen molar-refractivity contribution < 1.29 is 62.4 Å². The van der Waals surface area contributed by atoms with Gasteiger partial charge in [0, 0.05) is 88.9 Å². The Kier molecular flexibility index (Phi) is 14.4. The molecular weight excluding hydrogens is 686 g/mol. The Hall–Kier alpha value is -3.03. The number of carbonyl (C=O) groups is 4. The topological polar surface area (TPSA) is 240 Å². The second-order valence-corrected chi connectivity index (χ2v) is 12.7. The molecule has 252 valence electrons. The number of carboxylic acid groups (broad SMARTS) is 4. The molecule has 2 radical (unpaired) electrons. The van der Waals surface area contributed by atoms with Crippen molar-refractivity contribution in [2.75, 3.05) is 26.2 Å². The summed E-state index contributed by atoms with van der Waals surface area (Å²) in [5, 5.41) is 59.3. The van der Waals surface area contributed by atoms with Gasteiger partial charge in [-0.3, -0.25) is 29.0 Å². The summed E-state index contributed by atoms with van der Waals surface area (Å²) >= 11 is 0. The number of carboxylic acids is 4. The third kappa shape index (κ3) is 9.40. The van der Waals surface area contributed by atoms with E-state index in [4.69, 9.17) is 4.18 Å². The van der Waals surface area contributed by atoms with Crippen molar-refractivity contribution in [2.45, 2.75) is 37.4 Å². The van der Waals surface area contributed by atoms with E-state index in [2.05, 4.69) is 0 Å². The average Bonchev–Trinajstić information content (AvgIpc) is 3.20. The number of fused-ring (bicyclic) bond motifs is 1. The second-order valence-electron chi connectivity index (χ2n) is 11.2. The smallest absolute Gasteiger partial charge is 0.317 e. The number of rotatable bonds is 14. The van der Waals surface area contributed by atoms with Gasteiger partial charge in [-0.15, -0.1) is 0 Å². The molecule has 0 atom stereocenters. The number of aliphatic carboxylic acids is 4. The first-order chi connectivity index (χ1) is 21.9. The fourth-order valence-electron chi connectivity index (χ4n) is 5.74. The third-order valence-corrected chi connectivity index (χ3v) is 8.93. The largest absolute Gasteiger partial charge is 0.507 e. The quantitative estimate of drug-likeness (QED) is 0.100. The first-order valence-electron chi connectivity index (χ1n) is 14.0. The molecule has 3 aromatic carbocycles. The van der Waals surface area contributed by atoms with Crippen molar-refractivity contribution in [1.29, 1.82) is 0 Å². The molecule has 0 aromatic heterocycles. The van der Waals surface area contributed by atoms with E-state index in [1.54, 1.807) is 6.07 Å². The number of phenols is 2. The van der Waals surface area contributed by atoms with Crippen molar-refractivity contribution in [3.8, 4) is 11.5 Å². The molecule has 0 bridgehead atoms. The number of hydrogen-bond acceptors (Lipinski definition) is 11. The molecule has 15 nitrogen and oxygen atoms in total. The van der Waals surface area contributed by atoms with Gasteiger partial charge in [-0.1, -0.05) is 18.2 Å². The van der Waals surface area contributed by atoms with Crippen LogP contribution in [0, 0.1) is 13.8 Å². The van der Waals surface area contributed by atoms with Crippen LogP contribution in [0.15, 0.2) is 53.4 Å². The van der Waals surface area contributed by atoms with Crippen molar-refractivity contribution >= 4 is 93.1 Å². The summed E-state index contributed by atoms with van der Waals surface area (Å²) in [7, 11) is -4.45. The molecule has 18 heteroatoms. The van der Waals surface area contributed by atoms with Crippen LogP contribution < -0.4 is 0 Å². The van der Waals surface area contributed by atoms with Gasteiger partial charge in [-0.2, -0.15) is 8.42 Å². The van der Waals surface area contributed by atoms with Crippen molar-refractivity contribution in [1.82, 2.24) is 9.80 Å². The SMILES string of the molecule is Cc1cc(C2(c3cc(C)c(O)c(CN(CC(=O)O)CC(=O)O)c3)OS(=O)(=O)c3ccccc32)cc(CN(CC(=O)O)CC(=O)O)c1O.[Na].[Na]. The van der Waals surface area contributed by atoms with E-state index in [-0.39, 0.29) is 128 Å². The number of nitrogens with zero attached hydrogens (tertiary/aromatic N) is 2. The second kappa shape index (κ2) is 16.8. The Balaban J connectivity index is 0.00000417. The van der Waals surface area contributed by atoms with Crippen molar-refractivity contribution in [2.24, 2.45) is 0 Å². The van der Waals surface area contributed by atoms with Gasteiger partial charge in [0.15, 0.2) is 5.60 Å². The molecule has 0 amide bonds. The summed E-state index contributed by atoms with van der Waals surface area (Å²) in [6.07, 6.45) is 0. The molecule has 0 spiro atoms. The van der Waals surface area contributed by atoms with Gasteiger partial charge >= 0.3 is 23.9 Å². The molecule has 0 unspecified atom stereocenters. The Labute approximate surface area is 325 Å². The minimum absolute atomic E-state index is 0. The van der Waals surface area contributed by atoms with Crippen LogP contribution in [0.25, 0.3) is 0 Å². The molecule has 4 rings (SSSR count). The van der Waals surface area contributed by atoms with Crippen LogP contribution in [0.5, 0.6) is 11.5 Å². The number of hydrogen-bond donors (Lipinski definition) is 6. The molecule has 6 N–H and O–H groups in total. The predicted octanol–water partition coefficient (Wildman–Crippen LogP) is 0.906. The summed E-state index contributed by atoms with van der Waals surface area (Å²) in [4.78, 5) is 47.8. The van der Waals surface area contributed by atoms with Gasteiger partial charge < -0.3 is 30.6 Å². The van der Waals surface area contributed by atoms with Gasteiger partial charge in [0.05, 0.1) is 26.2 Å². The van der Waals surface area contributed by atoms with Gasteiger partial charge in [-0.05, 0) is 66.4 Å². The Morgan fingerprint density at radius 1 is 0.673 bits per heavy atom. The fourth-order valence-corrected chi connectivity index (χ4v) is 7.17.